The highest BCUT2D eigenvalue weighted by Crippen LogP contribution is 2.42. The summed E-state index contributed by atoms with van der Waals surface area (Å²) in [4.78, 5) is 31.4. The lowest BCUT2D eigenvalue weighted by molar-refractivity contribution is -0.139. The van der Waals surface area contributed by atoms with Gasteiger partial charge in [-0.1, -0.05) is 72.8 Å². The second-order valence-electron chi connectivity index (χ2n) is 11.9. The van der Waals surface area contributed by atoms with Crippen molar-refractivity contribution in [2.24, 2.45) is 5.41 Å². The van der Waals surface area contributed by atoms with Crippen LogP contribution in [0, 0.1) is 5.41 Å². The maximum atomic E-state index is 13.5. The van der Waals surface area contributed by atoms with Gasteiger partial charge in [-0.25, -0.2) is 8.42 Å². The zero-order valence-corrected chi connectivity index (χ0v) is 25.4. The van der Waals surface area contributed by atoms with Crippen LogP contribution in [0.4, 0.5) is 0 Å². The minimum absolute atomic E-state index is 0.0234. The number of nitrogens with one attached hydrogen (secondary N) is 1. The molecule has 1 unspecified atom stereocenters. The second-order valence-corrected chi connectivity index (χ2v) is 13.9. The summed E-state index contributed by atoms with van der Waals surface area (Å²) >= 11 is 0. The maximum Gasteiger partial charge on any atom is 0.229 e. The number of benzene rings is 3. The van der Waals surface area contributed by atoms with Crippen molar-refractivity contribution in [1.82, 2.24) is 15.1 Å². The van der Waals surface area contributed by atoms with E-state index in [1.165, 1.54) is 6.26 Å². The lowest BCUT2D eigenvalue weighted by Crippen LogP contribution is -2.45. The zero-order chi connectivity index (χ0) is 29.7. The quantitative estimate of drug-likeness (QED) is 0.363. The number of carbonyl (C=O) groups is 2. The molecular formula is C34H41N3O4S. The van der Waals surface area contributed by atoms with E-state index in [0.29, 0.717) is 11.4 Å². The van der Waals surface area contributed by atoms with Crippen molar-refractivity contribution < 1.29 is 18.0 Å². The summed E-state index contributed by atoms with van der Waals surface area (Å²) in [5.74, 6) is 0.00937. The van der Waals surface area contributed by atoms with Gasteiger partial charge in [0.05, 0.1) is 22.3 Å². The van der Waals surface area contributed by atoms with E-state index >= 15 is 0 Å². The summed E-state index contributed by atoms with van der Waals surface area (Å²) in [6.45, 7) is 5.75. The van der Waals surface area contributed by atoms with Crippen molar-refractivity contribution in [2.45, 2.75) is 56.0 Å². The van der Waals surface area contributed by atoms with Gasteiger partial charge in [-0.05, 0) is 74.5 Å². The maximum absolute atomic E-state index is 13.5. The molecule has 0 bridgehead atoms. The van der Waals surface area contributed by atoms with Gasteiger partial charge in [0.2, 0.25) is 11.8 Å². The molecule has 2 amide bonds. The first-order chi connectivity index (χ1) is 20.1. The fraction of sp³-hybridized carbons (Fsp3) is 0.412. The summed E-state index contributed by atoms with van der Waals surface area (Å²) in [7, 11) is -3.24. The van der Waals surface area contributed by atoms with Gasteiger partial charge >= 0.3 is 0 Å². The van der Waals surface area contributed by atoms with E-state index in [2.05, 4.69) is 22.3 Å². The third-order valence-corrected chi connectivity index (χ3v) is 10.2. The number of hydrogen-bond acceptors (Lipinski definition) is 5. The van der Waals surface area contributed by atoms with Crippen LogP contribution in [0.5, 0.6) is 0 Å². The van der Waals surface area contributed by atoms with Crippen LogP contribution in [-0.2, 0) is 26.0 Å². The Balaban J connectivity index is 1.16. The molecule has 2 heterocycles. The van der Waals surface area contributed by atoms with Crippen molar-refractivity contribution in [3.63, 3.8) is 0 Å². The third-order valence-electron chi connectivity index (χ3n) is 9.08. The van der Waals surface area contributed by atoms with Gasteiger partial charge in [0, 0.05) is 25.9 Å². The Morgan fingerprint density at radius 2 is 1.43 bits per heavy atom. The summed E-state index contributed by atoms with van der Waals surface area (Å²) in [5.41, 5.74) is 2.75. The fourth-order valence-corrected chi connectivity index (χ4v) is 6.91. The van der Waals surface area contributed by atoms with Gasteiger partial charge in [0.1, 0.15) is 0 Å². The van der Waals surface area contributed by atoms with Gasteiger partial charge in [0.25, 0.3) is 0 Å². The number of amides is 2. The molecule has 3 aromatic carbocycles. The molecule has 5 rings (SSSR count). The molecule has 1 spiro atoms. The molecule has 2 fully saturated rings. The van der Waals surface area contributed by atoms with Crippen molar-refractivity contribution in [1.29, 1.82) is 0 Å². The lowest BCUT2D eigenvalue weighted by atomic mass is 9.77. The first-order valence-electron chi connectivity index (χ1n) is 14.9. The zero-order valence-electron chi connectivity index (χ0n) is 24.5. The van der Waals surface area contributed by atoms with Gasteiger partial charge < -0.3 is 15.1 Å². The molecular weight excluding hydrogens is 546 g/mol. The Bertz CT molecular complexity index is 1470. The molecule has 42 heavy (non-hydrogen) atoms. The van der Waals surface area contributed by atoms with Crippen molar-refractivity contribution in [3.05, 3.63) is 102 Å². The topological polar surface area (TPSA) is 86.8 Å². The SMILES string of the molecule is CC(C(=O)N[C@@H](CCN1CCC2(CC1)CCN(Cc1ccc(S(C)(=O)=O)cc1)C2=O)c1ccccc1)c1ccccc1. The highest BCUT2D eigenvalue weighted by atomic mass is 32.2. The average Bonchev–Trinajstić information content (AvgIpc) is 3.30. The van der Waals surface area contributed by atoms with Gasteiger partial charge in [0.15, 0.2) is 9.84 Å². The van der Waals surface area contributed by atoms with Crippen LogP contribution in [0.25, 0.3) is 0 Å². The minimum atomic E-state index is -3.24. The minimum Gasteiger partial charge on any atom is -0.349 e. The first kappa shape index (κ1) is 30.0. The second kappa shape index (κ2) is 12.8. The molecule has 0 aromatic heterocycles. The summed E-state index contributed by atoms with van der Waals surface area (Å²) < 4.78 is 23.5. The van der Waals surface area contributed by atoms with Crippen LogP contribution in [0.2, 0.25) is 0 Å². The molecule has 3 aromatic rings. The van der Waals surface area contributed by atoms with Gasteiger partial charge in [-0.2, -0.15) is 0 Å². The van der Waals surface area contributed by atoms with E-state index in [9.17, 15) is 18.0 Å². The van der Waals surface area contributed by atoms with Gasteiger partial charge in [-0.3, -0.25) is 9.59 Å². The van der Waals surface area contributed by atoms with Crippen LogP contribution in [0.15, 0.2) is 89.8 Å². The van der Waals surface area contributed by atoms with E-state index in [1.54, 1.807) is 24.3 Å². The smallest absolute Gasteiger partial charge is 0.229 e. The molecule has 2 aliphatic heterocycles. The molecule has 222 valence electrons. The number of carbonyl (C=O) groups excluding carboxylic acids is 2. The first-order valence-corrected chi connectivity index (χ1v) is 16.7. The summed E-state index contributed by atoms with van der Waals surface area (Å²) in [5, 5.41) is 3.31. The molecule has 1 N–H and O–H groups in total. The standard InChI is InChI=1S/C34H41N3O4S/c1-26(28-9-5-3-6-10-28)32(38)35-31(29-11-7-4-8-12-29)17-21-36-22-18-34(19-23-36)20-24-37(33(34)39)25-27-13-15-30(16-14-27)42(2,40)41/h3-16,26,31H,17-25H2,1-2H3,(H,35,38)/t26?,31-/m0/s1. The molecule has 2 saturated heterocycles. The normalized spacial score (nSPS) is 18.6. The fourth-order valence-electron chi connectivity index (χ4n) is 6.28. The van der Waals surface area contributed by atoms with Crippen molar-refractivity contribution >= 4 is 21.7 Å². The molecule has 7 nitrogen and oxygen atoms in total. The van der Waals surface area contributed by atoms with Crippen molar-refractivity contribution in [2.75, 3.05) is 32.4 Å². The number of hydrogen-bond donors (Lipinski definition) is 1. The molecule has 2 aliphatic rings. The molecule has 0 saturated carbocycles. The number of nitrogens with zero attached hydrogens (tertiary/aromatic N) is 2. The lowest BCUT2D eigenvalue weighted by Gasteiger charge is -2.38. The Morgan fingerprint density at radius 1 is 0.857 bits per heavy atom. The highest BCUT2D eigenvalue weighted by Gasteiger charge is 2.47. The molecule has 2 atom stereocenters. The van der Waals surface area contributed by atoms with Crippen LogP contribution >= 0.6 is 0 Å². The third kappa shape index (κ3) is 6.93. The number of rotatable bonds is 10. The number of likely N-dealkylation sites (tertiary alicyclic amines) is 2. The molecule has 0 aliphatic carbocycles. The number of sulfone groups is 1. The highest BCUT2D eigenvalue weighted by molar-refractivity contribution is 7.90. The largest absolute Gasteiger partial charge is 0.349 e. The monoisotopic (exact) mass is 587 g/mol. The predicted molar refractivity (Wildman–Crippen MR) is 164 cm³/mol. The van der Waals surface area contributed by atoms with E-state index in [4.69, 9.17) is 0 Å². The van der Waals surface area contributed by atoms with Crippen LogP contribution in [0.3, 0.4) is 0 Å². The van der Waals surface area contributed by atoms with Crippen molar-refractivity contribution in [3.8, 4) is 0 Å². The summed E-state index contributed by atoms with van der Waals surface area (Å²) in [6, 6.07) is 26.8. The van der Waals surface area contributed by atoms with E-state index in [0.717, 1.165) is 68.6 Å². The molecule has 0 radical (unpaired) electrons. The van der Waals surface area contributed by atoms with E-state index in [-0.39, 0.29) is 29.2 Å². The average molecular weight is 588 g/mol. The van der Waals surface area contributed by atoms with Crippen LogP contribution in [-0.4, -0.2) is 62.5 Å². The Labute approximate surface area is 249 Å². The Morgan fingerprint density at radius 3 is 2.02 bits per heavy atom. The Hall–Kier alpha value is -3.49. The van der Waals surface area contributed by atoms with E-state index < -0.39 is 9.84 Å². The summed E-state index contributed by atoms with van der Waals surface area (Å²) in [6.07, 6.45) is 4.53. The molecule has 8 heteroatoms. The van der Waals surface area contributed by atoms with E-state index in [1.807, 2.05) is 60.4 Å². The number of piperidine rings is 1. The Kier molecular flexibility index (Phi) is 9.13. The predicted octanol–water partition coefficient (Wildman–Crippen LogP) is 4.96. The van der Waals surface area contributed by atoms with Crippen LogP contribution in [0.1, 0.15) is 61.3 Å². The van der Waals surface area contributed by atoms with Crippen LogP contribution < -0.4 is 5.32 Å². The van der Waals surface area contributed by atoms with Gasteiger partial charge in [-0.15, -0.1) is 0 Å².